The van der Waals surface area contributed by atoms with Gasteiger partial charge >= 0.3 is 0 Å². The molecule has 0 amide bonds. The minimum atomic E-state index is -4.18. The Morgan fingerprint density at radius 3 is 1.90 bits per heavy atom. The first kappa shape index (κ1) is 26.5. The highest BCUT2D eigenvalue weighted by atomic mass is 32.2. The van der Waals surface area contributed by atoms with E-state index in [2.05, 4.69) is 20.0 Å². The van der Waals surface area contributed by atoms with Crippen molar-refractivity contribution in [3.63, 3.8) is 0 Å². The van der Waals surface area contributed by atoms with E-state index in [9.17, 15) is 26.9 Å². The van der Waals surface area contributed by atoms with E-state index in [-0.39, 0.29) is 27.1 Å². The highest BCUT2D eigenvalue weighted by Crippen LogP contribution is 2.29. The van der Waals surface area contributed by atoms with Crippen molar-refractivity contribution in [2.45, 2.75) is 29.1 Å². The molecule has 4 aromatic rings. The summed E-state index contributed by atoms with van der Waals surface area (Å²) in [7, 11) is -7.79. The first-order valence-electron chi connectivity index (χ1n) is 12.0. The van der Waals surface area contributed by atoms with Crippen LogP contribution in [0.25, 0.3) is 11.0 Å². The molecule has 202 valence electrons. The predicted molar refractivity (Wildman–Crippen MR) is 146 cm³/mol. The third-order valence-corrected chi connectivity index (χ3v) is 9.50. The number of nitrogens with one attached hydrogen (secondary N) is 2. The first-order valence-corrected chi connectivity index (χ1v) is 15.0. The van der Waals surface area contributed by atoms with Crippen LogP contribution in [0.5, 0.6) is 0 Å². The number of nitrogens with zero attached hydrogens (tertiary/aromatic N) is 4. The molecule has 1 fully saturated rings. The summed E-state index contributed by atoms with van der Waals surface area (Å²) in [5.74, 6) is -0.0112. The summed E-state index contributed by atoms with van der Waals surface area (Å²) < 4.78 is 56.0. The summed E-state index contributed by atoms with van der Waals surface area (Å²) in [6.45, 7) is 0.987. The third kappa shape index (κ3) is 5.67. The van der Waals surface area contributed by atoms with Crippen LogP contribution in [-0.2, 0) is 20.0 Å². The van der Waals surface area contributed by atoms with Crippen LogP contribution in [0.3, 0.4) is 0 Å². The smallest absolute Gasteiger partial charge is 0.269 e. The van der Waals surface area contributed by atoms with Gasteiger partial charge in [-0.15, -0.1) is 0 Å². The van der Waals surface area contributed by atoms with Crippen molar-refractivity contribution in [1.82, 2.24) is 14.3 Å². The van der Waals surface area contributed by atoms with E-state index in [1.165, 1.54) is 16.4 Å². The number of nitro groups is 1. The number of anilines is 3. The van der Waals surface area contributed by atoms with Gasteiger partial charge in [-0.25, -0.2) is 26.8 Å². The second-order valence-electron chi connectivity index (χ2n) is 8.88. The van der Waals surface area contributed by atoms with Gasteiger partial charge in [0.2, 0.25) is 10.0 Å². The number of fused-ring (bicyclic) bond motifs is 1. The fourth-order valence-electron chi connectivity index (χ4n) is 4.19. The van der Waals surface area contributed by atoms with Gasteiger partial charge < -0.3 is 5.32 Å². The Morgan fingerprint density at radius 2 is 1.31 bits per heavy atom. The van der Waals surface area contributed by atoms with Gasteiger partial charge in [0.05, 0.1) is 25.7 Å². The molecule has 14 heteroatoms. The molecular weight excluding hydrogens is 544 g/mol. The molecule has 0 atom stereocenters. The average Bonchev–Trinajstić information content (AvgIpc) is 2.94. The molecule has 1 aromatic heterocycles. The summed E-state index contributed by atoms with van der Waals surface area (Å²) >= 11 is 0. The maximum Gasteiger partial charge on any atom is 0.269 e. The van der Waals surface area contributed by atoms with Crippen molar-refractivity contribution in [2.24, 2.45) is 0 Å². The molecule has 0 spiro atoms. The van der Waals surface area contributed by atoms with E-state index in [4.69, 9.17) is 0 Å². The second kappa shape index (κ2) is 10.6. The number of benzene rings is 3. The molecule has 0 radical (unpaired) electrons. The third-order valence-electron chi connectivity index (χ3n) is 6.23. The van der Waals surface area contributed by atoms with Crippen molar-refractivity contribution in [2.75, 3.05) is 23.1 Å². The minimum absolute atomic E-state index is 0.0887. The Bertz CT molecular complexity index is 1740. The normalized spacial score (nSPS) is 14.7. The van der Waals surface area contributed by atoms with E-state index in [0.29, 0.717) is 29.8 Å². The summed E-state index contributed by atoms with van der Waals surface area (Å²) in [5.41, 5.74) is 1.16. The van der Waals surface area contributed by atoms with Gasteiger partial charge in [-0.1, -0.05) is 18.6 Å². The number of nitro benzene ring substituents is 1. The number of hydrogen-bond donors (Lipinski definition) is 2. The van der Waals surface area contributed by atoms with Gasteiger partial charge in [-0.05, 0) is 61.4 Å². The Morgan fingerprint density at radius 1 is 0.744 bits per heavy atom. The molecular formula is C25H24N6O6S2. The summed E-state index contributed by atoms with van der Waals surface area (Å²) in [6.07, 6.45) is 2.67. The average molecular weight is 569 g/mol. The molecule has 1 aliphatic rings. The Labute approximate surface area is 225 Å². The van der Waals surface area contributed by atoms with E-state index >= 15 is 0 Å². The van der Waals surface area contributed by atoms with Crippen LogP contribution < -0.4 is 10.0 Å². The van der Waals surface area contributed by atoms with E-state index in [0.717, 1.165) is 43.5 Å². The Balaban J connectivity index is 1.45. The predicted octanol–water partition coefficient (Wildman–Crippen LogP) is 4.26. The Kier molecular flexibility index (Phi) is 7.16. The SMILES string of the molecule is O=[N+]([O-])c1ccc(S(=O)(=O)Nc2nc3ccccc3nc2Nc2ccc(S(=O)(=O)N3CCCCC3)cc2)cc1. The van der Waals surface area contributed by atoms with Crippen molar-refractivity contribution >= 4 is 54.1 Å². The van der Waals surface area contributed by atoms with Crippen LogP contribution in [-0.4, -0.2) is 49.1 Å². The van der Waals surface area contributed by atoms with E-state index in [1.54, 1.807) is 36.4 Å². The van der Waals surface area contributed by atoms with Gasteiger partial charge in [0.1, 0.15) is 0 Å². The molecule has 2 heterocycles. The monoisotopic (exact) mass is 568 g/mol. The zero-order valence-corrected chi connectivity index (χ0v) is 22.2. The molecule has 12 nitrogen and oxygen atoms in total. The molecule has 0 aliphatic carbocycles. The van der Waals surface area contributed by atoms with Gasteiger partial charge in [-0.3, -0.25) is 14.8 Å². The van der Waals surface area contributed by atoms with Crippen LogP contribution in [0, 0.1) is 10.1 Å². The lowest BCUT2D eigenvalue weighted by molar-refractivity contribution is -0.384. The van der Waals surface area contributed by atoms with Gasteiger partial charge in [-0.2, -0.15) is 4.31 Å². The lowest BCUT2D eigenvalue weighted by Gasteiger charge is -2.25. The van der Waals surface area contributed by atoms with E-state index < -0.39 is 25.0 Å². The molecule has 3 aromatic carbocycles. The van der Waals surface area contributed by atoms with Crippen LogP contribution >= 0.6 is 0 Å². The fourth-order valence-corrected chi connectivity index (χ4v) is 6.72. The number of rotatable bonds is 8. The number of para-hydroxylation sites is 2. The minimum Gasteiger partial charge on any atom is -0.337 e. The van der Waals surface area contributed by atoms with Crippen molar-refractivity contribution < 1.29 is 21.8 Å². The first-order chi connectivity index (χ1) is 18.6. The molecule has 1 saturated heterocycles. The molecule has 0 bridgehead atoms. The van der Waals surface area contributed by atoms with Crippen LogP contribution in [0.2, 0.25) is 0 Å². The maximum atomic E-state index is 13.1. The maximum absolute atomic E-state index is 13.1. The van der Waals surface area contributed by atoms with Crippen molar-refractivity contribution in [1.29, 1.82) is 0 Å². The zero-order valence-electron chi connectivity index (χ0n) is 20.5. The quantitative estimate of drug-likeness (QED) is 0.233. The van der Waals surface area contributed by atoms with Crippen molar-refractivity contribution in [3.8, 4) is 0 Å². The summed E-state index contributed by atoms with van der Waals surface area (Å²) in [4.78, 5) is 19.2. The van der Waals surface area contributed by atoms with Crippen LogP contribution in [0.15, 0.2) is 82.6 Å². The zero-order chi connectivity index (χ0) is 27.6. The molecule has 5 rings (SSSR count). The molecule has 2 N–H and O–H groups in total. The largest absolute Gasteiger partial charge is 0.337 e. The summed E-state index contributed by atoms with van der Waals surface area (Å²) in [6, 6.07) is 17.5. The highest BCUT2D eigenvalue weighted by Gasteiger charge is 2.26. The lowest BCUT2D eigenvalue weighted by Crippen LogP contribution is -2.35. The molecule has 1 aliphatic heterocycles. The van der Waals surface area contributed by atoms with Crippen LogP contribution in [0.1, 0.15) is 19.3 Å². The molecule has 39 heavy (non-hydrogen) atoms. The highest BCUT2D eigenvalue weighted by molar-refractivity contribution is 7.92. The van der Waals surface area contributed by atoms with Gasteiger partial charge in [0, 0.05) is 30.9 Å². The Hall–Kier alpha value is -4.14. The number of aromatic nitrogens is 2. The fraction of sp³-hybridized carbons (Fsp3) is 0.200. The summed E-state index contributed by atoms with van der Waals surface area (Å²) in [5, 5.41) is 14.0. The van der Waals surface area contributed by atoms with Gasteiger partial charge in [0.25, 0.3) is 15.7 Å². The number of piperidine rings is 1. The topological polar surface area (TPSA) is 164 Å². The standard InChI is InChI=1S/C25H24N6O6S2/c32-31(33)19-10-14-20(15-11-19)38(34,35)29-25-24(27-22-6-2-3-7-23(22)28-25)26-18-8-12-21(13-9-18)39(36,37)30-16-4-1-5-17-30/h2-3,6-15H,1,4-5,16-17H2,(H,26,27)(H,28,29). The molecule has 0 saturated carbocycles. The molecule has 0 unspecified atom stereocenters. The van der Waals surface area contributed by atoms with Crippen LogP contribution in [0.4, 0.5) is 23.0 Å². The number of hydrogen-bond acceptors (Lipinski definition) is 9. The number of sulfonamides is 2. The second-order valence-corrected chi connectivity index (χ2v) is 12.5. The number of non-ortho nitro benzene ring substituents is 1. The van der Waals surface area contributed by atoms with Crippen molar-refractivity contribution in [3.05, 3.63) is 82.9 Å². The lowest BCUT2D eigenvalue weighted by atomic mass is 10.2. The van der Waals surface area contributed by atoms with Gasteiger partial charge in [0.15, 0.2) is 11.6 Å². The van der Waals surface area contributed by atoms with E-state index in [1.807, 2.05) is 0 Å².